The molecule has 0 N–H and O–H groups in total. The van der Waals surface area contributed by atoms with Crippen LogP contribution in [0, 0.1) is 0 Å². The minimum absolute atomic E-state index is 0. The Morgan fingerprint density at radius 2 is 0.385 bits per heavy atom. The first-order valence-corrected chi connectivity index (χ1v) is 1.60. The van der Waals surface area contributed by atoms with Gasteiger partial charge in [0.1, 0.15) is 0 Å². The Morgan fingerprint density at radius 1 is 0.385 bits per heavy atom. The Kier molecular flexibility index (Phi) is 512. The fourth-order valence-electron chi connectivity index (χ4n) is 0. The molecule has 0 unspecified atom stereocenters. The average Bonchev–Trinajstić information content (AvgIpc) is 1.92. The molecule has 1 radical (unpaired) electrons. The Morgan fingerprint density at radius 3 is 0.385 bits per heavy atom. The van der Waals surface area contributed by atoms with Crippen molar-refractivity contribution in [3.05, 3.63) is 63.9 Å². The average molecular weight is 354 g/mol. The van der Waals surface area contributed by atoms with Gasteiger partial charge in [-0.1, -0.05) is 0 Å². The smallest absolute Gasteiger partial charge is 0 e. The molecule has 0 saturated carbocycles. The van der Waals surface area contributed by atoms with Crippen molar-refractivity contribution in [3.63, 3.8) is 0 Å². The van der Waals surface area contributed by atoms with Gasteiger partial charge in [0, 0.05) is 20.4 Å². The van der Waals surface area contributed by atoms with E-state index in [1.807, 2.05) is 0 Å². The van der Waals surface area contributed by atoms with Gasteiger partial charge in [0.05, 0.1) is 0 Å². The van der Waals surface area contributed by atoms with E-state index in [9.17, 15) is 0 Å². The largest absolute Gasteiger partial charge is 0.373 e. The quantitative estimate of drug-likeness (QED) is 0.345. The summed E-state index contributed by atoms with van der Waals surface area (Å²) in [7, 11) is 0. The second kappa shape index (κ2) is 217. The topological polar surface area (TPSA) is 235 Å². The molecule has 0 atom stereocenters. The summed E-state index contributed by atoms with van der Waals surface area (Å²) in [5.74, 6) is 0. The molecule has 0 aliphatic heterocycles. The fraction of sp³-hybridized carbons (Fsp3) is 0. The molecule has 71 valence electrons. The van der Waals surface area contributed by atoms with Crippen molar-refractivity contribution in [1.29, 1.82) is 0 Å². The second-order valence-electron chi connectivity index (χ2n) is 0.358. The van der Waals surface area contributed by atoms with Crippen molar-refractivity contribution in [2.24, 2.45) is 0 Å². The molecule has 0 aliphatic carbocycles. The van der Waals surface area contributed by atoms with E-state index < -0.39 is 0 Å². The molecule has 12 nitrogen and oxygen atoms in total. The van der Waals surface area contributed by atoms with Crippen molar-refractivity contribution in [2.45, 2.75) is 0 Å². The molecule has 13 heteroatoms. The van der Waals surface area contributed by atoms with Crippen LogP contribution in [0.15, 0.2) is 0 Å². The van der Waals surface area contributed by atoms with E-state index in [-0.39, 0.29) is 20.4 Å². The van der Waals surface area contributed by atoms with E-state index in [0.29, 0.717) is 0 Å². The molecule has 0 aromatic rings. The van der Waals surface area contributed by atoms with E-state index in [2.05, 4.69) is 0 Å². The van der Waals surface area contributed by atoms with Crippen molar-refractivity contribution < 1.29 is 20.4 Å². The van der Waals surface area contributed by atoms with Crippen LogP contribution in [0.5, 0.6) is 0 Å². The molecule has 0 aliphatic rings. The van der Waals surface area contributed by atoms with Gasteiger partial charge in [-0.15, -0.1) is 0 Å². The van der Waals surface area contributed by atoms with Gasteiger partial charge in [-0.2, -0.15) is 0 Å². The Labute approximate surface area is 84.9 Å². The van der Waals surface area contributed by atoms with Crippen LogP contribution in [0.4, 0.5) is 0 Å². The zero-order valence-electron chi connectivity index (χ0n) is 5.74. The molecule has 0 spiro atoms. The molecule has 0 heterocycles. The fourth-order valence-corrected chi connectivity index (χ4v) is 0. The van der Waals surface area contributed by atoms with E-state index in [1.165, 1.54) is 19.6 Å². The molecular formula is N12Re-4. The SMILES string of the molecule is [N-]=[N+]=[N-].[N-]=[N+]=[N-].[N-]=[N+]=[N-].[N-]=[N+]=[N-].[Re]. The summed E-state index contributed by atoms with van der Waals surface area (Å²) in [4.78, 5) is 6.00. The maximum atomic E-state index is 6.75. The van der Waals surface area contributed by atoms with Crippen LogP contribution in [0.3, 0.4) is 0 Å². The maximum Gasteiger partial charge on any atom is 0 e. The first kappa shape index (κ1) is 30.7. The minimum Gasteiger partial charge on any atom is -0.373 e. The van der Waals surface area contributed by atoms with Crippen LogP contribution in [0.2, 0.25) is 0 Å². The van der Waals surface area contributed by atoms with Crippen LogP contribution in [-0.2, 0) is 20.4 Å². The zero-order chi connectivity index (χ0) is 10.8. The van der Waals surface area contributed by atoms with E-state index in [1.54, 1.807) is 0 Å². The third-order valence-electron chi connectivity index (χ3n) is 0. The summed E-state index contributed by atoms with van der Waals surface area (Å²) in [6.07, 6.45) is 0. The third-order valence-corrected chi connectivity index (χ3v) is 0. The van der Waals surface area contributed by atoms with Crippen LogP contribution in [0.25, 0.3) is 63.9 Å². The molecule has 0 saturated heterocycles. The zero-order valence-corrected chi connectivity index (χ0v) is 8.46. The van der Waals surface area contributed by atoms with Crippen molar-refractivity contribution in [1.82, 2.24) is 0 Å². The molecule has 13 heavy (non-hydrogen) atoms. The van der Waals surface area contributed by atoms with Crippen LogP contribution >= 0.6 is 0 Å². The molecule has 0 aromatic heterocycles. The standard InChI is InChI=1S/4N3.Re/c4*1-3-2;/q4*-1;. The molecule has 0 aromatic carbocycles. The monoisotopic (exact) mass is 355 g/mol. The summed E-state index contributed by atoms with van der Waals surface area (Å²) in [6, 6.07) is 0. The molecular weight excluding hydrogens is 354 g/mol. The summed E-state index contributed by atoms with van der Waals surface area (Å²) < 4.78 is 0. The summed E-state index contributed by atoms with van der Waals surface area (Å²) >= 11 is 0. The normalized spacial score (nSPS) is 2.46. The predicted molar refractivity (Wildman–Crippen MR) is 40.3 cm³/mol. The van der Waals surface area contributed by atoms with Gasteiger partial charge in [-0.25, -0.2) is 0 Å². The molecule has 0 bridgehead atoms. The van der Waals surface area contributed by atoms with Crippen molar-refractivity contribution in [2.75, 3.05) is 0 Å². The van der Waals surface area contributed by atoms with Gasteiger partial charge in [-0.3, -0.25) is 19.6 Å². The third kappa shape index (κ3) is 141. The molecule has 0 amide bonds. The summed E-state index contributed by atoms with van der Waals surface area (Å²) in [6.45, 7) is 0. The first-order valence-electron chi connectivity index (χ1n) is 1.60. The number of hydrogen-bond acceptors (Lipinski definition) is 0. The molecule has 0 rings (SSSR count). The van der Waals surface area contributed by atoms with Crippen LogP contribution < -0.4 is 0 Å². The summed E-state index contributed by atoms with van der Waals surface area (Å²) in [5.41, 5.74) is 54.0. The van der Waals surface area contributed by atoms with Gasteiger partial charge in [0.15, 0.2) is 0 Å². The van der Waals surface area contributed by atoms with Crippen LogP contribution in [-0.4, -0.2) is 0 Å². The Hall–Kier alpha value is -2.10. The number of rotatable bonds is 0. The number of hydrogen-bond donors (Lipinski definition) is 0. The predicted octanol–water partition coefficient (Wildman–Crippen LogP) is 3.46. The van der Waals surface area contributed by atoms with Gasteiger partial charge >= 0.3 is 0 Å². The Balaban J connectivity index is -0.0000000213. The minimum atomic E-state index is 0. The van der Waals surface area contributed by atoms with Crippen molar-refractivity contribution in [3.8, 4) is 0 Å². The van der Waals surface area contributed by atoms with E-state index in [0.717, 1.165) is 0 Å². The number of nitrogens with zero attached hydrogens (tertiary/aromatic N) is 12. The van der Waals surface area contributed by atoms with Crippen molar-refractivity contribution >= 4 is 0 Å². The first-order chi connectivity index (χ1) is 5.66. The van der Waals surface area contributed by atoms with Gasteiger partial charge in [0.2, 0.25) is 0 Å². The van der Waals surface area contributed by atoms with Crippen LogP contribution in [0.1, 0.15) is 0 Å². The van der Waals surface area contributed by atoms with E-state index in [4.69, 9.17) is 44.2 Å². The maximum absolute atomic E-state index is 6.75. The second-order valence-corrected chi connectivity index (χ2v) is 0.358. The summed E-state index contributed by atoms with van der Waals surface area (Å²) in [5, 5.41) is 0. The molecule has 0 fully saturated rings. The van der Waals surface area contributed by atoms with Gasteiger partial charge < -0.3 is 44.2 Å². The van der Waals surface area contributed by atoms with E-state index >= 15 is 0 Å². The Bertz CT molecular complexity index is 137. The van der Waals surface area contributed by atoms with Gasteiger partial charge in [-0.05, 0) is 0 Å². The van der Waals surface area contributed by atoms with Gasteiger partial charge in [0.25, 0.3) is 0 Å².